The molecule has 0 aromatic rings. The summed E-state index contributed by atoms with van der Waals surface area (Å²) in [7, 11) is -3.98. The van der Waals surface area contributed by atoms with Crippen LogP contribution in [0.3, 0.4) is 0 Å². The summed E-state index contributed by atoms with van der Waals surface area (Å²) >= 11 is -2.45. The van der Waals surface area contributed by atoms with E-state index in [0.29, 0.717) is 0 Å². The molecule has 24 heteroatoms. The summed E-state index contributed by atoms with van der Waals surface area (Å²) in [4.78, 5) is 25.3. The molecule has 0 aliphatic rings. The third kappa shape index (κ3) is 11.4. The van der Waals surface area contributed by atoms with Crippen molar-refractivity contribution in [2.75, 3.05) is 0 Å². The largest absolute Gasteiger partial charge is 0.283 e. The molecule has 28 heavy (non-hydrogen) atoms. The standard InChI is InChI=1S/C4H6N16O5S3/c5-13-17-19(15-7)24-26(9-1-21)3-11-28(23)12-4-27(10-2-22)25-20(16-8)18-14-6/h15-16H,7-8H2. The van der Waals surface area contributed by atoms with E-state index in [0.717, 1.165) is 12.2 Å². The van der Waals surface area contributed by atoms with Crippen LogP contribution >= 0.6 is 21.9 Å². The molecule has 0 fully saturated rings. The van der Waals surface area contributed by atoms with Crippen LogP contribution in [0.2, 0.25) is 0 Å². The average molecular weight is 454 g/mol. The zero-order chi connectivity index (χ0) is 21.2. The topological polar surface area (TPSA) is 299 Å². The van der Waals surface area contributed by atoms with Crippen LogP contribution < -0.4 is 22.8 Å². The van der Waals surface area contributed by atoms with Crippen molar-refractivity contribution in [3.8, 4) is 0 Å². The zero-order valence-corrected chi connectivity index (χ0v) is 15.2. The van der Waals surface area contributed by atoms with Crippen molar-refractivity contribution in [1.29, 1.82) is 0 Å². The number of azide groups is 2. The highest BCUT2D eigenvalue weighted by molar-refractivity contribution is 8.10. The van der Waals surface area contributed by atoms with E-state index < -0.39 is 33.1 Å². The molecule has 21 nitrogen and oxygen atoms in total. The SMILES string of the molecule is [N-]=[N+]=NN(NN)OS(=C=NS(=O)N=C=S(N=C=O)ON(N=[N+]=[N-])NN)N=C=O. The van der Waals surface area contributed by atoms with Crippen molar-refractivity contribution in [3.63, 3.8) is 0 Å². The Labute approximate surface area is 160 Å². The van der Waals surface area contributed by atoms with Crippen LogP contribution in [0, 0.1) is 0 Å². The first-order valence-electron chi connectivity index (χ1n) is 5.53. The predicted molar refractivity (Wildman–Crippen MR) is 93.2 cm³/mol. The molecule has 0 bridgehead atoms. The number of nitrogens with zero attached hydrogens (tertiary/aromatic N) is 12. The number of rotatable bonds is 12. The van der Waals surface area contributed by atoms with Gasteiger partial charge in [-0.05, 0) is 0 Å². The van der Waals surface area contributed by atoms with Crippen molar-refractivity contribution in [1.82, 2.24) is 21.6 Å². The molecule has 150 valence electrons. The first-order valence-corrected chi connectivity index (χ1v) is 8.81. The molecule has 0 radical (unpaired) electrons. The molecule has 0 amide bonds. The highest BCUT2D eigenvalue weighted by atomic mass is 32.2. The number of carbonyl (C=O) groups excluding carboxylic acids is 2. The quantitative estimate of drug-likeness (QED) is 0.0401. The van der Waals surface area contributed by atoms with Crippen LogP contribution in [0.25, 0.3) is 20.9 Å². The fourth-order valence-corrected chi connectivity index (χ4v) is 2.48. The maximum Gasteiger partial charge on any atom is 0.283 e. The minimum atomic E-state index is -2.45. The molecule has 6 N–H and O–H groups in total. The lowest BCUT2D eigenvalue weighted by Gasteiger charge is -2.05. The molecule has 0 saturated heterocycles. The third-order valence-electron chi connectivity index (χ3n) is 1.37. The smallest absolute Gasteiger partial charge is 0.233 e. The van der Waals surface area contributed by atoms with E-state index in [1.807, 2.05) is 10.3 Å². The van der Waals surface area contributed by atoms with E-state index >= 15 is 0 Å². The Balaban J connectivity index is 5.64. The van der Waals surface area contributed by atoms with Gasteiger partial charge in [-0.25, -0.2) is 25.5 Å². The fourth-order valence-electron chi connectivity index (χ4n) is 0.654. The molecule has 0 saturated carbocycles. The summed E-state index contributed by atoms with van der Waals surface area (Å²) in [5.41, 5.74) is 20.0. The molecule has 0 aromatic heterocycles. The van der Waals surface area contributed by atoms with Crippen LogP contribution in [0.15, 0.2) is 28.0 Å². The van der Waals surface area contributed by atoms with Gasteiger partial charge in [0, 0.05) is 21.0 Å². The van der Waals surface area contributed by atoms with E-state index in [9.17, 15) is 13.8 Å². The summed E-state index contributed by atoms with van der Waals surface area (Å²) in [6, 6.07) is 0. The van der Waals surface area contributed by atoms with Gasteiger partial charge in [0.2, 0.25) is 12.2 Å². The zero-order valence-electron chi connectivity index (χ0n) is 12.8. The lowest BCUT2D eigenvalue weighted by atomic mass is 11.7. The maximum absolute atomic E-state index is 11.6. The number of nitrogens with two attached hydrogens (primary N) is 2. The molecule has 0 spiro atoms. The number of hydrazine groups is 4. The summed E-state index contributed by atoms with van der Waals surface area (Å²) < 4.78 is 33.6. The Hall–Kier alpha value is -3.25. The van der Waals surface area contributed by atoms with Crippen molar-refractivity contribution >= 4 is 55.6 Å². The maximum atomic E-state index is 11.6. The Bertz CT molecular complexity index is 821. The van der Waals surface area contributed by atoms with E-state index in [-0.39, 0.29) is 10.6 Å². The van der Waals surface area contributed by atoms with Crippen molar-refractivity contribution < 1.29 is 22.4 Å². The van der Waals surface area contributed by atoms with Crippen molar-refractivity contribution in [2.45, 2.75) is 0 Å². The van der Waals surface area contributed by atoms with Crippen molar-refractivity contribution in [2.24, 2.45) is 39.7 Å². The Kier molecular flexibility index (Phi) is 14.1. The lowest BCUT2D eigenvalue weighted by molar-refractivity contribution is -0.0906. The van der Waals surface area contributed by atoms with Crippen molar-refractivity contribution in [3.05, 3.63) is 20.9 Å². The molecule has 2 atom stereocenters. The highest BCUT2D eigenvalue weighted by Crippen LogP contribution is 2.16. The minimum absolute atomic E-state index is 0.249. The fraction of sp³-hybridized carbons (Fsp3) is 0. The second-order valence-corrected chi connectivity index (χ2v) is 5.62. The van der Waals surface area contributed by atoms with E-state index in [4.69, 9.17) is 31.3 Å². The van der Waals surface area contributed by atoms with E-state index in [1.54, 1.807) is 11.1 Å². The summed E-state index contributed by atoms with van der Waals surface area (Å²) in [6.45, 7) is 0. The minimum Gasteiger partial charge on any atom is -0.233 e. The van der Waals surface area contributed by atoms with Crippen LogP contribution in [-0.2, 0) is 29.3 Å². The van der Waals surface area contributed by atoms with Crippen LogP contribution in [0.5, 0.6) is 0 Å². The number of hydrogen-bond donors (Lipinski definition) is 4. The second-order valence-electron chi connectivity index (χ2n) is 2.77. The molecule has 0 heterocycles. The summed E-state index contributed by atoms with van der Waals surface area (Å²) in [5, 5.41) is 10.2. The highest BCUT2D eigenvalue weighted by Gasteiger charge is 2.08. The lowest BCUT2D eigenvalue weighted by Crippen LogP contribution is -2.37. The predicted octanol–water partition coefficient (Wildman–Crippen LogP) is -1.08. The van der Waals surface area contributed by atoms with Gasteiger partial charge in [0.15, 0.2) is 21.9 Å². The van der Waals surface area contributed by atoms with Crippen LogP contribution in [0.4, 0.5) is 0 Å². The number of nitrogens with one attached hydrogen (secondary N) is 2. The van der Waals surface area contributed by atoms with Gasteiger partial charge in [-0.3, -0.25) is 0 Å². The van der Waals surface area contributed by atoms with E-state index in [2.05, 4.69) is 37.9 Å². The molecule has 0 aliphatic carbocycles. The second kappa shape index (κ2) is 16.0. The molecule has 0 rings (SSSR count). The van der Waals surface area contributed by atoms with E-state index in [1.165, 1.54) is 0 Å². The Morgan fingerprint density at radius 3 is 1.54 bits per heavy atom. The molecular weight excluding hydrogens is 448 g/mol. The Morgan fingerprint density at radius 2 is 1.25 bits per heavy atom. The normalized spacial score (nSPS) is 11.9. The van der Waals surface area contributed by atoms with Gasteiger partial charge in [-0.1, -0.05) is 19.6 Å². The average Bonchev–Trinajstić information content (AvgIpc) is 2.69. The molecular formula is C4H6N16O5S3. The van der Waals surface area contributed by atoms with Gasteiger partial charge in [0.25, 0.3) is 11.2 Å². The van der Waals surface area contributed by atoms with Gasteiger partial charge in [-0.2, -0.15) is 9.82 Å². The summed E-state index contributed by atoms with van der Waals surface area (Å²) in [5.74, 6) is 9.88. The number of isothiocyanates is 2. The molecule has 0 aliphatic heterocycles. The number of hydrogen-bond acceptors (Lipinski definition) is 13. The van der Waals surface area contributed by atoms with Gasteiger partial charge in [0.05, 0.1) is 10.3 Å². The summed E-state index contributed by atoms with van der Waals surface area (Å²) in [6.07, 6.45) is 2.19. The van der Waals surface area contributed by atoms with Gasteiger partial charge >= 0.3 is 0 Å². The first kappa shape index (κ1) is 24.8. The van der Waals surface area contributed by atoms with Gasteiger partial charge < -0.3 is 0 Å². The molecule has 2 unspecified atom stereocenters. The number of isocyanates is 2. The molecule has 0 aromatic carbocycles. The van der Waals surface area contributed by atoms with Crippen LogP contribution in [0.1, 0.15) is 0 Å². The Morgan fingerprint density at radius 1 is 0.857 bits per heavy atom. The monoisotopic (exact) mass is 454 g/mol. The van der Waals surface area contributed by atoms with Gasteiger partial charge in [-0.15, -0.1) is 28.7 Å². The van der Waals surface area contributed by atoms with Crippen LogP contribution in [-0.4, -0.2) is 37.3 Å². The third-order valence-corrected chi connectivity index (χ3v) is 3.64. The first-order chi connectivity index (χ1) is 13.5. The van der Waals surface area contributed by atoms with Gasteiger partial charge in [0.1, 0.15) is 0 Å².